The highest BCUT2D eigenvalue weighted by Crippen LogP contribution is 2.69. The van der Waals surface area contributed by atoms with Crippen molar-refractivity contribution in [3.63, 3.8) is 0 Å². The number of fused-ring (bicyclic) bond motifs is 7. The quantitative estimate of drug-likeness (QED) is 0.599. The minimum Gasteiger partial charge on any atom is -0.393 e. The van der Waals surface area contributed by atoms with Crippen LogP contribution < -0.4 is 5.32 Å². The molecule has 158 valence electrons. The molecule has 5 fully saturated rings. The van der Waals surface area contributed by atoms with Gasteiger partial charge in [0, 0.05) is 12.0 Å². The fourth-order valence-electron chi connectivity index (χ4n) is 9.36. The van der Waals surface area contributed by atoms with Gasteiger partial charge in [0.05, 0.1) is 17.8 Å². The number of allylic oxidation sites excluding steroid dienone is 2. The Kier molecular flexibility index (Phi) is 3.58. The topological polar surface area (TPSA) is 41.5 Å². The molecular weight excluding hydrogens is 358 g/mol. The van der Waals surface area contributed by atoms with E-state index in [1.165, 1.54) is 51.5 Å². The fourth-order valence-corrected chi connectivity index (χ4v) is 9.36. The third-order valence-electron chi connectivity index (χ3n) is 10.8. The molecule has 29 heavy (non-hydrogen) atoms. The first kappa shape index (κ1) is 18.0. The van der Waals surface area contributed by atoms with Crippen LogP contribution in [0.2, 0.25) is 0 Å². The molecule has 0 aromatic rings. The molecule has 3 nitrogen and oxygen atoms in total. The van der Waals surface area contributed by atoms with E-state index in [9.17, 15) is 5.11 Å². The highest BCUT2D eigenvalue weighted by atomic mass is 16.5. The summed E-state index contributed by atoms with van der Waals surface area (Å²) in [6.45, 7) is 6.08. The predicted octanol–water partition coefficient (Wildman–Crippen LogP) is 4.37. The minimum absolute atomic E-state index is 0.0997. The molecule has 7 aliphatic rings. The lowest BCUT2D eigenvalue weighted by Gasteiger charge is -2.53. The lowest BCUT2D eigenvalue weighted by molar-refractivity contribution is -0.0819. The van der Waals surface area contributed by atoms with Crippen LogP contribution in [-0.4, -0.2) is 35.5 Å². The van der Waals surface area contributed by atoms with Gasteiger partial charge in [-0.25, -0.2) is 0 Å². The SMILES string of the molecule is C[C@@H]1CNC2C(C1)O[C@@]13CC[C@@H]4C(=C1C[C@H]23)C[C@H]1[C@H]4CC=C2C[C@@H](O)CC[C@@]21C. The molecule has 0 aromatic carbocycles. The number of piperidine rings is 1. The number of hydrogen-bond donors (Lipinski definition) is 2. The van der Waals surface area contributed by atoms with Crippen molar-refractivity contribution in [2.75, 3.05) is 6.54 Å². The summed E-state index contributed by atoms with van der Waals surface area (Å²) in [5.41, 5.74) is 5.65. The average molecular weight is 396 g/mol. The van der Waals surface area contributed by atoms with Crippen LogP contribution in [0.25, 0.3) is 0 Å². The summed E-state index contributed by atoms with van der Waals surface area (Å²) in [5.74, 6) is 3.96. The second-order valence-electron chi connectivity index (χ2n) is 12.0. The monoisotopic (exact) mass is 395 g/mol. The first-order chi connectivity index (χ1) is 14.0. The van der Waals surface area contributed by atoms with Crippen molar-refractivity contribution in [1.29, 1.82) is 0 Å². The van der Waals surface area contributed by atoms with Crippen LogP contribution in [0.3, 0.4) is 0 Å². The van der Waals surface area contributed by atoms with Crippen LogP contribution in [-0.2, 0) is 4.74 Å². The van der Waals surface area contributed by atoms with Gasteiger partial charge in [0.2, 0.25) is 0 Å². The van der Waals surface area contributed by atoms with E-state index < -0.39 is 0 Å². The van der Waals surface area contributed by atoms with Crippen LogP contribution in [0.5, 0.6) is 0 Å². The molecule has 2 saturated heterocycles. The summed E-state index contributed by atoms with van der Waals surface area (Å²) in [6, 6.07) is 0.612. The molecule has 0 bridgehead atoms. The van der Waals surface area contributed by atoms with E-state index in [4.69, 9.17) is 4.74 Å². The third kappa shape index (κ3) is 2.16. The number of aliphatic hydroxyl groups is 1. The van der Waals surface area contributed by atoms with Crippen LogP contribution in [0.4, 0.5) is 0 Å². The van der Waals surface area contributed by atoms with Gasteiger partial charge in [-0.2, -0.15) is 0 Å². The zero-order valence-electron chi connectivity index (χ0n) is 18.1. The smallest absolute Gasteiger partial charge is 0.0946 e. The van der Waals surface area contributed by atoms with Crippen molar-refractivity contribution in [3.8, 4) is 0 Å². The van der Waals surface area contributed by atoms with Crippen LogP contribution >= 0.6 is 0 Å². The van der Waals surface area contributed by atoms with Gasteiger partial charge in [0.15, 0.2) is 0 Å². The maximum absolute atomic E-state index is 10.2. The molecule has 3 heteroatoms. The molecule has 0 radical (unpaired) electrons. The highest BCUT2D eigenvalue weighted by Gasteiger charge is 2.67. The molecule has 1 spiro atoms. The van der Waals surface area contributed by atoms with Gasteiger partial charge in [-0.15, -0.1) is 0 Å². The van der Waals surface area contributed by atoms with Crippen molar-refractivity contribution in [1.82, 2.24) is 5.32 Å². The zero-order valence-corrected chi connectivity index (χ0v) is 18.1. The van der Waals surface area contributed by atoms with E-state index in [-0.39, 0.29) is 11.7 Å². The largest absolute Gasteiger partial charge is 0.393 e. The van der Waals surface area contributed by atoms with Gasteiger partial charge in [-0.3, -0.25) is 0 Å². The molecule has 2 aliphatic heterocycles. The van der Waals surface area contributed by atoms with Crippen molar-refractivity contribution < 1.29 is 9.84 Å². The molecule has 0 amide bonds. The minimum atomic E-state index is -0.0997. The number of hydrogen-bond acceptors (Lipinski definition) is 3. The molecule has 0 aromatic heterocycles. The maximum atomic E-state index is 10.2. The van der Waals surface area contributed by atoms with E-state index in [1.54, 1.807) is 11.1 Å². The fraction of sp³-hybridized carbons (Fsp3) is 0.846. The van der Waals surface area contributed by atoms with Gasteiger partial charge in [0.1, 0.15) is 0 Å². The first-order valence-electron chi connectivity index (χ1n) is 12.5. The standard InChI is InChI=1S/C26H37NO2/c1-14-9-23-24(27-13-14)22-12-21-19-11-20-18(17(19)6-8-26(21,22)29-23)4-3-15-10-16(28)5-7-25(15,20)2/h3,14,16-18,20,22-24,27-28H,4-13H2,1-2H3/t14-,16-,17-,18-,20-,22+,23?,24?,25-,26-/m0/s1. The molecule has 10 atom stereocenters. The second kappa shape index (κ2) is 5.78. The molecule has 2 N–H and O–H groups in total. The van der Waals surface area contributed by atoms with Gasteiger partial charge in [0.25, 0.3) is 0 Å². The Hall–Kier alpha value is -0.640. The van der Waals surface area contributed by atoms with E-state index in [0.29, 0.717) is 17.6 Å². The molecule has 5 aliphatic carbocycles. The Balaban J connectivity index is 1.22. The Bertz CT molecular complexity index is 816. The molecule has 7 rings (SSSR count). The molecule has 2 unspecified atom stereocenters. The lowest BCUT2D eigenvalue weighted by Crippen LogP contribution is -2.56. The molecular formula is C26H37NO2. The number of aliphatic hydroxyl groups excluding tert-OH is 1. The summed E-state index contributed by atoms with van der Waals surface area (Å²) < 4.78 is 6.97. The lowest BCUT2D eigenvalue weighted by atomic mass is 9.55. The van der Waals surface area contributed by atoms with Crippen molar-refractivity contribution in [3.05, 3.63) is 22.8 Å². The normalized spacial score (nSPS) is 57.6. The van der Waals surface area contributed by atoms with Gasteiger partial charge in [-0.05, 0) is 99.0 Å². The van der Waals surface area contributed by atoms with Gasteiger partial charge < -0.3 is 15.2 Å². The van der Waals surface area contributed by atoms with Crippen LogP contribution in [0.1, 0.15) is 71.6 Å². The van der Waals surface area contributed by atoms with Crippen molar-refractivity contribution in [2.45, 2.75) is 95.5 Å². The van der Waals surface area contributed by atoms with Crippen LogP contribution in [0, 0.1) is 35.0 Å². The van der Waals surface area contributed by atoms with E-state index in [2.05, 4.69) is 25.2 Å². The Morgan fingerprint density at radius 3 is 2.93 bits per heavy atom. The Morgan fingerprint density at radius 2 is 2.03 bits per heavy atom. The van der Waals surface area contributed by atoms with Gasteiger partial charge in [-0.1, -0.05) is 31.1 Å². The Labute approximate surface area is 175 Å². The van der Waals surface area contributed by atoms with Crippen LogP contribution in [0.15, 0.2) is 22.8 Å². The predicted molar refractivity (Wildman–Crippen MR) is 113 cm³/mol. The Morgan fingerprint density at radius 1 is 1.14 bits per heavy atom. The molecule has 2 heterocycles. The summed E-state index contributed by atoms with van der Waals surface area (Å²) in [4.78, 5) is 0. The van der Waals surface area contributed by atoms with Gasteiger partial charge >= 0.3 is 0 Å². The summed E-state index contributed by atoms with van der Waals surface area (Å²) >= 11 is 0. The summed E-state index contributed by atoms with van der Waals surface area (Å²) in [6.07, 6.45) is 13.8. The first-order valence-corrected chi connectivity index (χ1v) is 12.5. The van der Waals surface area contributed by atoms with E-state index in [1.807, 2.05) is 5.57 Å². The zero-order chi connectivity index (χ0) is 19.5. The number of rotatable bonds is 0. The van der Waals surface area contributed by atoms with Crippen molar-refractivity contribution >= 4 is 0 Å². The number of nitrogens with one attached hydrogen (secondary N) is 1. The maximum Gasteiger partial charge on any atom is 0.0946 e. The number of ether oxygens (including phenoxy) is 1. The van der Waals surface area contributed by atoms with E-state index >= 15 is 0 Å². The molecule has 3 saturated carbocycles. The highest BCUT2D eigenvalue weighted by molar-refractivity contribution is 5.45. The summed E-state index contributed by atoms with van der Waals surface area (Å²) in [5, 5.41) is 14.1. The third-order valence-corrected chi connectivity index (χ3v) is 10.8. The average Bonchev–Trinajstić information content (AvgIpc) is 3.15. The second-order valence-corrected chi connectivity index (χ2v) is 12.0. The van der Waals surface area contributed by atoms with E-state index in [0.717, 1.165) is 42.4 Å². The summed E-state index contributed by atoms with van der Waals surface area (Å²) in [7, 11) is 0. The van der Waals surface area contributed by atoms with Crippen molar-refractivity contribution in [2.24, 2.45) is 35.0 Å².